The van der Waals surface area contributed by atoms with E-state index in [-0.39, 0.29) is 24.5 Å². The van der Waals surface area contributed by atoms with Crippen LogP contribution in [-0.2, 0) is 0 Å². The van der Waals surface area contributed by atoms with Crippen molar-refractivity contribution < 1.29 is 4.79 Å². The normalized spacial score (nSPS) is 16.0. The monoisotopic (exact) mass is 381 g/mol. The number of likely N-dealkylation sites (tertiary alicyclic amines) is 1. The third-order valence-corrected chi connectivity index (χ3v) is 3.64. The number of nitrogens with two attached hydrogens (primary N) is 1. The molecule has 4 nitrogen and oxygen atoms in total. The van der Waals surface area contributed by atoms with Crippen molar-refractivity contribution in [2.75, 3.05) is 18.4 Å². The van der Waals surface area contributed by atoms with Crippen molar-refractivity contribution in [3.05, 3.63) is 27.8 Å². The van der Waals surface area contributed by atoms with E-state index in [0.717, 1.165) is 35.2 Å². The van der Waals surface area contributed by atoms with Crippen LogP contribution < -0.4 is 11.1 Å². The van der Waals surface area contributed by atoms with E-state index in [0.29, 0.717) is 0 Å². The van der Waals surface area contributed by atoms with E-state index in [1.54, 1.807) is 0 Å². The number of hydrogen-bond acceptors (Lipinski definition) is 2. The molecule has 1 heterocycles. The van der Waals surface area contributed by atoms with Crippen LogP contribution in [0, 0.1) is 3.57 Å². The van der Waals surface area contributed by atoms with Gasteiger partial charge in [0, 0.05) is 28.4 Å². The van der Waals surface area contributed by atoms with Gasteiger partial charge in [0.2, 0.25) is 0 Å². The molecule has 0 bridgehead atoms. The molecule has 1 aliphatic heterocycles. The van der Waals surface area contributed by atoms with Gasteiger partial charge in [0.15, 0.2) is 0 Å². The first-order valence-corrected chi connectivity index (χ1v) is 6.80. The Hall–Kier alpha value is -0.530. The zero-order chi connectivity index (χ0) is 12.3. The minimum Gasteiger partial charge on any atom is -0.328 e. The second-order valence-electron chi connectivity index (χ2n) is 4.26. The first kappa shape index (κ1) is 15.5. The Labute approximate surface area is 127 Å². The number of carbonyl (C=O) groups excluding carboxylic acids is 1. The number of carbonyl (C=O) groups is 1. The molecule has 2 amide bonds. The molecule has 1 fully saturated rings. The molecule has 3 N–H and O–H groups in total. The summed E-state index contributed by atoms with van der Waals surface area (Å²) in [5.41, 5.74) is 6.65. The maximum absolute atomic E-state index is 11.9. The topological polar surface area (TPSA) is 58.4 Å². The van der Waals surface area contributed by atoms with Crippen LogP contribution in [0.25, 0.3) is 0 Å². The van der Waals surface area contributed by atoms with E-state index in [9.17, 15) is 4.79 Å². The molecule has 0 aliphatic carbocycles. The molecule has 0 spiro atoms. The van der Waals surface area contributed by atoms with Gasteiger partial charge in [0.25, 0.3) is 0 Å². The average Bonchev–Trinajstić information content (AvgIpc) is 2.33. The van der Waals surface area contributed by atoms with E-state index < -0.39 is 0 Å². The first-order chi connectivity index (χ1) is 8.15. The maximum atomic E-state index is 11.9. The van der Waals surface area contributed by atoms with Crippen molar-refractivity contribution in [1.29, 1.82) is 0 Å². The number of piperidine rings is 1. The summed E-state index contributed by atoms with van der Waals surface area (Å²) in [6, 6.07) is 7.99. The summed E-state index contributed by atoms with van der Waals surface area (Å²) < 4.78 is 1.16. The molecule has 1 aromatic carbocycles. The molecular formula is C12H17ClIN3O. The van der Waals surface area contributed by atoms with Crippen LogP contribution in [0.1, 0.15) is 12.8 Å². The average molecular weight is 382 g/mol. The van der Waals surface area contributed by atoms with Gasteiger partial charge < -0.3 is 16.0 Å². The maximum Gasteiger partial charge on any atom is 0.321 e. The van der Waals surface area contributed by atoms with Gasteiger partial charge >= 0.3 is 6.03 Å². The molecule has 0 unspecified atom stereocenters. The van der Waals surface area contributed by atoms with Gasteiger partial charge in [-0.25, -0.2) is 4.79 Å². The lowest BCUT2D eigenvalue weighted by atomic mass is 10.1. The second-order valence-corrected chi connectivity index (χ2v) is 5.51. The van der Waals surface area contributed by atoms with Crippen LogP contribution in [0.2, 0.25) is 0 Å². The van der Waals surface area contributed by atoms with Gasteiger partial charge in [-0.15, -0.1) is 12.4 Å². The molecular weight excluding hydrogens is 365 g/mol. The summed E-state index contributed by atoms with van der Waals surface area (Å²) in [7, 11) is 0. The standard InChI is InChI=1S/C12H16IN3O.ClH/c13-9-1-3-11(4-2-9)15-12(17)16-7-5-10(14)6-8-16;/h1-4,10H,5-8,14H2,(H,15,17);1H. The Morgan fingerprint density at radius 1 is 1.28 bits per heavy atom. The Balaban J connectivity index is 0.00000162. The molecule has 0 aromatic heterocycles. The van der Waals surface area contributed by atoms with Crippen molar-refractivity contribution in [1.82, 2.24) is 4.90 Å². The van der Waals surface area contributed by atoms with Crippen LogP contribution in [0.3, 0.4) is 0 Å². The summed E-state index contributed by atoms with van der Waals surface area (Å²) in [5.74, 6) is 0. The van der Waals surface area contributed by atoms with E-state index >= 15 is 0 Å². The predicted molar refractivity (Wildman–Crippen MR) is 84.2 cm³/mol. The van der Waals surface area contributed by atoms with Gasteiger partial charge in [0.1, 0.15) is 0 Å². The first-order valence-electron chi connectivity index (χ1n) is 5.72. The lowest BCUT2D eigenvalue weighted by Crippen LogP contribution is -2.44. The summed E-state index contributed by atoms with van der Waals surface area (Å²) in [5, 5.41) is 2.90. The minimum absolute atomic E-state index is 0. The summed E-state index contributed by atoms with van der Waals surface area (Å²) in [6.07, 6.45) is 1.78. The quantitative estimate of drug-likeness (QED) is 0.735. The number of nitrogens with one attached hydrogen (secondary N) is 1. The van der Waals surface area contributed by atoms with Crippen molar-refractivity contribution in [3.63, 3.8) is 0 Å². The third kappa shape index (κ3) is 4.29. The Bertz CT molecular complexity index is 391. The van der Waals surface area contributed by atoms with Crippen LogP contribution in [-0.4, -0.2) is 30.1 Å². The van der Waals surface area contributed by atoms with E-state index in [1.807, 2.05) is 29.2 Å². The lowest BCUT2D eigenvalue weighted by molar-refractivity contribution is 0.195. The van der Waals surface area contributed by atoms with E-state index in [1.165, 1.54) is 0 Å². The van der Waals surface area contributed by atoms with E-state index in [4.69, 9.17) is 5.73 Å². The van der Waals surface area contributed by atoms with Crippen LogP contribution in [0.5, 0.6) is 0 Å². The van der Waals surface area contributed by atoms with Gasteiger partial charge in [0.05, 0.1) is 0 Å². The summed E-state index contributed by atoms with van der Waals surface area (Å²) >= 11 is 2.24. The zero-order valence-corrected chi connectivity index (χ0v) is 12.9. The highest BCUT2D eigenvalue weighted by atomic mass is 127. The Morgan fingerprint density at radius 2 is 1.83 bits per heavy atom. The molecule has 0 radical (unpaired) electrons. The van der Waals surface area contributed by atoms with Crippen LogP contribution in [0.15, 0.2) is 24.3 Å². The zero-order valence-electron chi connectivity index (χ0n) is 9.93. The second kappa shape index (κ2) is 7.16. The number of rotatable bonds is 1. The lowest BCUT2D eigenvalue weighted by Gasteiger charge is -2.30. The molecule has 1 saturated heterocycles. The number of benzene rings is 1. The molecule has 1 aromatic rings. The third-order valence-electron chi connectivity index (χ3n) is 2.92. The molecule has 18 heavy (non-hydrogen) atoms. The number of nitrogens with zero attached hydrogens (tertiary/aromatic N) is 1. The van der Waals surface area contributed by atoms with Crippen LogP contribution in [0.4, 0.5) is 10.5 Å². The number of anilines is 1. The fourth-order valence-electron chi connectivity index (χ4n) is 1.84. The highest BCUT2D eigenvalue weighted by Crippen LogP contribution is 2.14. The SMILES string of the molecule is Cl.NC1CCN(C(=O)Nc2ccc(I)cc2)CC1. The Morgan fingerprint density at radius 3 is 2.39 bits per heavy atom. The summed E-state index contributed by atoms with van der Waals surface area (Å²) in [6.45, 7) is 1.49. The van der Waals surface area contributed by atoms with Gasteiger partial charge in [-0.1, -0.05) is 0 Å². The molecule has 1 aliphatic rings. The van der Waals surface area contributed by atoms with Crippen molar-refractivity contribution in [2.45, 2.75) is 18.9 Å². The van der Waals surface area contributed by atoms with Gasteiger partial charge in [-0.05, 0) is 59.7 Å². The number of hydrogen-bond donors (Lipinski definition) is 2. The van der Waals surface area contributed by atoms with Crippen molar-refractivity contribution in [2.24, 2.45) is 5.73 Å². The minimum atomic E-state index is -0.0295. The van der Waals surface area contributed by atoms with Gasteiger partial charge in [-0.3, -0.25) is 0 Å². The van der Waals surface area contributed by atoms with E-state index in [2.05, 4.69) is 27.9 Å². The number of halogens is 2. The smallest absolute Gasteiger partial charge is 0.321 e. The molecule has 6 heteroatoms. The molecule has 0 saturated carbocycles. The molecule has 0 atom stereocenters. The molecule has 100 valence electrons. The highest BCUT2D eigenvalue weighted by Gasteiger charge is 2.20. The highest BCUT2D eigenvalue weighted by molar-refractivity contribution is 14.1. The number of urea groups is 1. The van der Waals surface area contributed by atoms with Gasteiger partial charge in [-0.2, -0.15) is 0 Å². The molecule has 2 rings (SSSR count). The van der Waals surface area contributed by atoms with Crippen LogP contribution >= 0.6 is 35.0 Å². The summed E-state index contributed by atoms with van der Waals surface area (Å²) in [4.78, 5) is 13.8. The van der Waals surface area contributed by atoms with Crippen molar-refractivity contribution in [3.8, 4) is 0 Å². The fraction of sp³-hybridized carbons (Fsp3) is 0.417. The Kier molecular flexibility index (Phi) is 6.17. The fourth-order valence-corrected chi connectivity index (χ4v) is 2.20. The van der Waals surface area contributed by atoms with Crippen molar-refractivity contribution >= 4 is 46.7 Å². The largest absolute Gasteiger partial charge is 0.328 e. The number of amides is 2. The predicted octanol–water partition coefficient (Wildman–Crippen LogP) is 2.67.